The highest BCUT2D eigenvalue weighted by atomic mass is 35.5. The molecule has 2 rings (SSSR count). The van der Waals surface area contributed by atoms with Crippen LogP contribution >= 0.6 is 11.6 Å². The molecule has 1 aromatic carbocycles. The first-order chi connectivity index (χ1) is 7.16. The minimum atomic E-state index is 0.333. The van der Waals surface area contributed by atoms with Crippen LogP contribution in [0.3, 0.4) is 0 Å². The normalized spacial score (nSPS) is 10.2. The Labute approximate surface area is 91.9 Å². The Kier molecular flexibility index (Phi) is 2.43. The van der Waals surface area contributed by atoms with E-state index < -0.39 is 0 Å². The molecule has 1 aromatic heterocycles. The average Bonchev–Trinajstić information content (AvgIpc) is 2.22. The van der Waals surface area contributed by atoms with Crippen molar-refractivity contribution in [1.29, 1.82) is 0 Å². The Hall–Kier alpha value is -1.81. The van der Waals surface area contributed by atoms with Crippen molar-refractivity contribution >= 4 is 23.2 Å². The fourth-order valence-electron chi connectivity index (χ4n) is 1.30. The first-order valence-corrected chi connectivity index (χ1v) is 4.69. The maximum absolute atomic E-state index is 5.88. The van der Waals surface area contributed by atoms with Crippen LogP contribution in [0.4, 0.5) is 11.6 Å². The van der Waals surface area contributed by atoms with Crippen LogP contribution in [0.2, 0.25) is 5.02 Å². The number of nitrogens with zero attached hydrogens (tertiary/aromatic N) is 2. The van der Waals surface area contributed by atoms with Crippen molar-refractivity contribution in [3.8, 4) is 11.1 Å². The number of hydrogen-bond acceptors (Lipinski definition) is 4. The van der Waals surface area contributed by atoms with Crippen LogP contribution in [-0.2, 0) is 0 Å². The van der Waals surface area contributed by atoms with Gasteiger partial charge in [-0.25, -0.2) is 0 Å². The van der Waals surface area contributed by atoms with Gasteiger partial charge in [0.2, 0.25) is 0 Å². The summed E-state index contributed by atoms with van der Waals surface area (Å²) >= 11 is 5.88. The molecule has 15 heavy (non-hydrogen) atoms. The highest BCUT2D eigenvalue weighted by Gasteiger charge is 2.05. The van der Waals surface area contributed by atoms with Gasteiger partial charge in [-0.15, -0.1) is 10.2 Å². The van der Waals surface area contributed by atoms with Gasteiger partial charge in [0.25, 0.3) is 0 Å². The summed E-state index contributed by atoms with van der Waals surface area (Å²) in [5, 5.41) is 8.04. The molecule has 4 nitrogen and oxygen atoms in total. The van der Waals surface area contributed by atoms with E-state index in [0.29, 0.717) is 16.7 Å². The molecule has 76 valence electrons. The molecule has 0 spiro atoms. The van der Waals surface area contributed by atoms with E-state index in [2.05, 4.69) is 10.2 Å². The van der Waals surface area contributed by atoms with Gasteiger partial charge in [-0.1, -0.05) is 23.7 Å². The molecule has 4 N–H and O–H groups in total. The summed E-state index contributed by atoms with van der Waals surface area (Å²) in [6.07, 6.45) is 0. The maximum Gasteiger partial charge on any atom is 0.154 e. The van der Waals surface area contributed by atoms with Crippen LogP contribution in [0.5, 0.6) is 0 Å². The average molecular weight is 221 g/mol. The van der Waals surface area contributed by atoms with Crippen LogP contribution < -0.4 is 11.5 Å². The van der Waals surface area contributed by atoms with E-state index in [9.17, 15) is 0 Å². The Morgan fingerprint density at radius 3 is 2.60 bits per heavy atom. The van der Waals surface area contributed by atoms with Crippen LogP contribution in [-0.4, -0.2) is 10.2 Å². The summed E-state index contributed by atoms with van der Waals surface area (Å²) in [4.78, 5) is 0. The second-order valence-corrected chi connectivity index (χ2v) is 3.51. The van der Waals surface area contributed by atoms with Crippen LogP contribution in [0, 0.1) is 0 Å². The highest BCUT2D eigenvalue weighted by Crippen LogP contribution is 2.26. The molecule has 0 bridgehead atoms. The zero-order chi connectivity index (χ0) is 10.8. The lowest BCUT2D eigenvalue weighted by Crippen LogP contribution is -2.00. The molecule has 0 aliphatic heterocycles. The van der Waals surface area contributed by atoms with Gasteiger partial charge in [0, 0.05) is 10.6 Å². The van der Waals surface area contributed by atoms with Crippen LogP contribution in [0.25, 0.3) is 11.1 Å². The quantitative estimate of drug-likeness (QED) is 0.770. The monoisotopic (exact) mass is 220 g/mol. The molecule has 0 atom stereocenters. The highest BCUT2D eigenvalue weighted by molar-refractivity contribution is 6.30. The molecule has 0 fully saturated rings. The molecule has 2 aromatic rings. The third kappa shape index (κ3) is 1.99. The van der Waals surface area contributed by atoms with E-state index >= 15 is 0 Å². The Morgan fingerprint density at radius 2 is 1.87 bits per heavy atom. The fraction of sp³-hybridized carbons (Fsp3) is 0. The zero-order valence-corrected chi connectivity index (χ0v) is 8.57. The van der Waals surface area contributed by atoms with Crippen molar-refractivity contribution in [2.45, 2.75) is 0 Å². The van der Waals surface area contributed by atoms with Gasteiger partial charge >= 0.3 is 0 Å². The molecule has 0 saturated heterocycles. The first kappa shape index (κ1) is 9.73. The largest absolute Gasteiger partial charge is 0.382 e. The van der Waals surface area contributed by atoms with Crippen molar-refractivity contribution in [3.05, 3.63) is 35.4 Å². The third-order valence-corrected chi connectivity index (χ3v) is 2.21. The zero-order valence-electron chi connectivity index (χ0n) is 7.81. The number of aromatic nitrogens is 2. The summed E-state index contributed by atoms with van der Waals surface area (Å²) in [6, 6.07) is 8.99. The van der Waals surface area contributed by atoms with Crippen LogP contribution in [0.15, 0.2) is 30.3 Å². The van der Waals surface area contributed by atoms with Crippen molar-refractivity contribution in [2.75, 3.05) is 11.5 Å². The second kappa shape index (κ2) is 3.74. The van der Waals surface area contributed by atoms with Gasteiger partial charge in [0.15, 0.2) is 5.82 Å². The number of nitrogen functional groups attached to an aromatic ring is 2. The van der Waals surface area contributed by atoms with Gasteiger partial charge in [0.05, 0.1) is 0 Å². The van der Waals surface area contributed by atoms with Gasteiger partial charge < -0.3 is 11.5 Å². The SMILES string of the molecule is Nc1cc(-c2cccc(Cl)c2)c(N)nn1. The molecule has 1 heterocycles. The van der Waals surface area contributed by atoms with Gasteiger partial charge in [0.1, 0.15) is 5.82 Å². The number of anilines is 2. The van der Waals surface area contributed by atoms with Gasteiger partial charge in [-0.05, 0) is 23.8 Å². The molecule has 0 aliphatic rings. The summed E-state index contributed by atoms with van der Waals surface area (Å²) in [5.41, 5.74) is 12.9. The number of rotatable bonds is 1. The molecule has 5 heteroatoms. The maximum atomic E-state index is 5.88. The lowest BCUT2D eigenvalue weighted by atomic mass is 10.1. The van der Waals surface area contributed by atoms with E-state index in [1.54, 1.807) is 18.2 Å². The molecule has 0 amide bonds. The van der Waals surface area contributed by atoms with Gasteiger partial charge in [-0.2, -0.15) is 0 Å². The Balaban J connectivity index is 2.58. The number of nitrogens with two attached hydrogens (primary N) is 2. The van der Waals surface area contributed by atoms with E-state index in [-0.39, 0.29) is 0 Å². The van der Waals surface area contributed by atoms with E-state index in [0.717, 1.165) is 11.1 Å². The van der Waals surface area contributed by atoms with E-state index in [1.165, 1.54) is 0 Å². The number of benzene rings is 1. The number of hydrogen-bond donors (Lipinski definition) is 2. The first-order valence-electron chi connectivity index (χ1n) is 4.31. The standard InChI is InChI=1S/C10H9ClN4/c11-7-3-1-2-6(4-7)8-5-9(12)14-15-10(8)13/h1-5H,(H2,12,14)(H2,13,15). The predicted octanol–water partition coefficient (Wildman–Crippen LogP) is 1.96. The fourth-order valence-corrected chi connectivity index (χ4v) is 1.49. The third-order valence-electron chi connectivity index (χ3n) is 1.98. The lowest BCUT2D eigenvalue weighted by molar-refractivity contribution is 1.05. The van der Waals surface area contributed by atoms with E-state index in [1.807, 2.05) is 12.1 Å². The van der Waals surface area contributed by atoms with Crippen molar-refractivity contribution < 1.29 is 0 Å². The van der Waals surface area contributed by atoms with Crippen molar-refractivity contribution in [3.63, 3.8) is 0 Å². The second-order valence-electron chi connectivity index (χ2n) is 3.08. The Bertz CT molecular complexity index is 499. The lowest BCUT2D eigenvalue weighted by Gasteiger charge is -2.05. The summed E-state index contributed by atoms with van der Waals surface area (Å²) in [5.74, 6) is 0.672. The predicted molar refractivity (Wildman–Crippen MR) is 61.3 cm³/mol. The molecule has 0 unspecified atom stereocenters. The van der Waals surface area contributed by atoms with Crippen molar-refractivity contribution in [1.82, 2.24) is 10.2 Å². The van der Waals surface area contributed by atoms with Gasteiger partial charge in [-0.3, -0.25) is 0 Å². The van der Waals surface area contributed by atoms with Crippen molar-refractivity contribution in [2.24, 2.45) is 0 Å². The molecule has 0 radical (unpaired) electrons. The minimum Gasteiger partial charge on any atom is -0.382 e. The molecular formula is C10H9ClN4. The number of halogens is 1. The topological polar surface area (TPSA) is 77.8 Å². The summed E-state index contributed by atoms with van der Waals surface area (Å²) in [6.45, 7) is 0. The Morgan fingerprint density at radius 1 is 1.07 bits per heavy atom. The molecule has 0 aliphatic carbocycles. The summed E-state index contributed by atoms with van der Waals surface area (Å²) < 4.78 is 0. The molecule has 0 saturated carbocycles. The smallest absolute Gasteiger partial charge is 0.154 e. The molecular weight excluding hydrogens is 212 g/mol. The van der Waals surface area contributed by atoms with Crippen LogP contribution in [0.1, 0.15) is 0 Å². The minimum absolute atomic E-state index is 0.333. The van der Waals surface area contributed by atoms with E-state index in [4.69, 9.17) is 23.1 Å². The summed E-state index contributed by atoms with van der Waals surface area (Å²) in [7, 11) is 0.